The molecule has 2 aliphatic carbocycles. The second-order valence-electron chi connectivity index (χ2n) is 8.71. The fraction of sp³-hybridized carbons (Fsp3) is 0.375. The molecule has 5 nitrogen and oxygen atoms in total. The van der Waals surface area contributed by atoms with Gasteiger partial charge in [0, 0.05) is 34.8 Å². The van der Waals surface area contributed by atoms with Crippen molar-refractivity contribution in [3.63, 3.8) is 0 Å². The number of nitrogens with one attached hydrogen (secondary N) is 1. The number of hydrogen-bond donors (Lipinski definition) is 1. The predicted molar refractivity (Wildman–Crippen MR) is 120 cm³/mol. The number of aromatic nitrogens is 1. The normalized spacial score (nSPS) is 20.3. The highest BCUT2D eigenvalue weighted by molar-refractivity contribution is 8.00. The number of methoxy groups -OCH3 is 1. The molecule has 6 rings (SSSR count). The topological polar surface area (TPSA) is 50.5 Å². The van der Waals surface area contributed by atoms with Gasteiger partial charge in [-0.3, -0.25) is 0 Å². The Hall–Kier alpha value is -2.60. The third kappa shape index (κ3) is 2.73. The molecule has 2 fully saturated rings. The van der Waals surface area contributed by atoms with E-state index >= 15 is 0 Å². The number of ether oxygens (including phenoxy) is 1. The lowest BCUT2D eigenvalue weighted by Crippen LogP contribution is -2.45. The summed E-state index contributed by atoms with van der Waals surface area (Å²) in [6, 6.07) is 15.6. The van der Waals surface area contributed by atoms with Gasteiger partial charge in [0.05, 0.1) is 12.0 Å². The summed E-state index contributed by atoms with van der Waals surface area (Å²) in [5, 5.41) is 4.42. The number of anilines is 2. The summed E-state index contributed by atoms with van der Waals surface area (Å²) in [6.45, 7) is 3.43. The summed E-state index contributed by atoms with van der Waals surface area (Å²) in [5.41, 5.74) is 5.43. The van der Waals surface area contributed by atoms with Gasteiger partial charge in [0.15, 0.2) is 11.6 Å². The fourth-order valence-corrected chi connectivity index (χ4v) is 5.63. The molecule has 0 bridgehead atoms. The van der Waals surface area contributed by atoms with E-state index in [1.54, 1.807) is 7.11 Å². The van der Waals surface area contributed by atoms with Crippen molar-refractivity contribution in [3.8, 4) is 17.1 Å². The maximum Gasteiger partial charge on any atom is 0.183 e. The van der Waals surface area contributed by atoms with Gasteiger partial charge in [-0.2, -0.15) is 0 Å². The summed E-state index contributed by atoms with van der Waals surface area (Å²) in [7, 11) is 1.70. The van der Waals surface area contributed by atoms with Crippen LogP contribution < -0.4 is 14.4 Å². The molecule has 1 unspecified atom stereocenters. The Morgan fingerprint density at radius 3 is 2.83 bits per heavy atom. The number of benzene rings is 2. The van der Waals surface area contributed by atoms with E-state index in [1.165, 1.54) is 53.6 Å². The highest BCUT2D eigenvalue weighted by Gasteiger charge is 2.50. The lowest BCUT2D eigenvalue weighted by Gasteiger charge is -2.41. The lowest BCUT2D eigenvalue weighted by molar-refractivity contribution is 0.405. The maximum absolute atomic E-state index is 5.92. The van der Waals surface area contributed by atoms with Crippen LogP contribution in [0.3, 0.4) is 0 Å². The molecule has 1 saturated carbocycles. The van der Waals surface area contributed by atoms with Gasteiger partial charge in [-0.15, -0.1) is 0 Å². The number of nitrogens with zero attached hydrogens (tertiary/aromatic N) is 2. The van der Waals surface area contributed by atoms with E-state index in [2.05, 4.69) is 39.9 Å². The Balaban J connectivity index is 1.34. The predicted octanol–water partition coefficient (Wildman–Crippen LogP) is 5.66. The average molecular weight is 420 g/mol. The summed E-state index contributed by atoms with van der Waals surface area (Å²) < 4.78 is 14.8. The number of hydrogen-bond acceptors (Lipinski definition) is 6. The van der Waals surface area contributed by atoms with Crippen LogP contribution in [0.2, 0.25) is 0 Å². The highest BCUT2D eigenvalue weighted by atomic mass is 32.2. The number of rotatable bonds is 5. The monoisotopic (exact) mass is 419 g/mol. The zero-order valence-corrected chi connectivity index (χ0v) is 18.1. The second-order valence-corrected chi connectivity index (χ2v) is 9.56. The van der Waals surface area contributed by atoms with Crippen LogP contribution in [-0.4, -0.2) is 24.9 Å². The maximum atomic E-state index is 5.92. The molecule has 1 N–H and O–H groups in total. The van der Waals surface area contributed by atoms with Crippen LogP contribution in [0.15, 0.2) is 51.9 Å². The molecule has 1 spiro atoms. The smallest absolute Gasteiger partial charge is 0.183 e. The second kappa shape index (κ2) is 6.71. The molecule has 3 aromatic rings. The summed E-state index contributed by atoms with van der Waals surface area (Å²) in [4.78, 5) is 3.50. The van der Waals surface area contributed by atoms with Crippen LogP contribution in [0.25, 0.3) is 11.3 Å². The molecule has 0 radical (unpaired) electrons. The van der Waals surface area contributed by atoms with E-state index < -0.39 is 0 Å². The first kappa shape index (κ1) is 18.2. The first-order chi connectivity index (χ1) is 14.7. The van der Waals surface area contributed by atoms with Gasteiger partial charge in [0.2, 0.25) is 0 Å². The van der Waals surface area contributed by atoms with Crippen LogP contribution in [-0.2, 0) is 11.8 Å². The minimum absolute atomic E-state index is 0.262. The largest absolute Gasteiger partial charge is 0.496 e. The van der Waals surface area contributed by atoms with E-state index in [1.807, 2.05) is 24.3 Å². The van der Waals surface area contributed by atoms with Gasteiger partial charge >= 0.3 is 0 Å². The fourth-order valence-electron chi connectivity index (χ4n) is 4.86. The quantitative estimate of drug-likeness (QED) is 0.539. The Morgan fingerprint density at radius 1 is 1.23 bits per heavy atom. The third-order valence-corrected chi connectivity index (χ3v) is 7.81. The molecule has 1 saturated heterocycles. The zero-order chi connectivity index (χ0) is 20.3. The first-order valence-electron chi connectivity index (χ1n) is 10.6. The van der Waals surface area contributed by atoms with Crippen LogP contribution in [0, 0.1) is 0 Å². The number of para-hydroxylation sites is 1. The summed E-state index contributed by atoms with van der Waals surface area (Å²) in [5.74, 6) is 2.62. The van der Waals surface area contributed by atoms with Gasteiger partial charge in [0.25, 0.3) is 0 Å². The highest BCUT2D eigenvalue weighted by Crippen LogP contribution is 2.59. The molecule has 0 amide bonds. The standard InChI is InChI=1S/C24H25N3O2S/c1-15-9-12-27(15)16-7-8-19-17(13-16)22-18(14-24(19)10-11-24)23(25-29-22)26-30-21-6-4-3-5-20(21)28-2/h3-8,13,15H,9-12,14H2,1-2H3,(H,25,26). The van der Waals surface area contributed by atoms with Crippen molar-refractivity contribution in [2.24, 2.45) is 0 Å². The summed E-state index contributed by atoms with van der Waals surface area (Å²) in [6.07, 6.45) is 4.74. The Bertz CT molecular complexity index is 1120. The minimum atomic E-state index is 0.262. The minimum Gasteiger partial charge on any atom is -0.496 e. The van der Waals surface area contributed by atoms with E-state index in [-0.39, 0.29) is 5.41 Å². The van der Waals surface area contributed by atoms with Crippen molar-refractivity contribution in [2.75, 3.05) is 23.3 Å². The van der Waals surface area contributed by atoms with Crippen molar-refractivity contribution in [2.45, 2.75) is 49.0 Å². The molecule has 2 aromatic carbocycles. The molecule has 154 valence electrons. The van der Waals surface area contributed by atoms with E-state index in [0.717, 1.165) is 35.2 Å². The Morgan fingerprint density at radius 2 is 2.10 bits per heavy atom. The number of fused-ring (bicyclic) bond motifs is 4. The van der Waals surface area contributed by atoms with Crippen molar-refractivity contribution in [1.82, 2.24) is 5.16 Å². The molecular formula is C24H25N3O2S. The molecular weight excluding hydrogens is 394 g/mol. The van der Waals surface area contributed by atoms with Crippen LogP contribution >= 0.6 is 11.9 Å². The van der Waals surface area contributed by atoms with Gasteiger partial charge in [-0.1, -0.05) is 23.4 Å². The van der Waals surface area contributed by atoms with Crippen molar-refractivity contribution in [1.29, 1.82) is 0 Å². The van der Waals surface area contributed by atoms with E-state index in [4.69, 9.17) is 9.26 Å². The van der Waals surface area contributed by atoms with Crippen LogP contribution in [0.5, 0.6) is 5.75 Å². The van der Waals surface area contributed by atoms with Crippen molar-refractivity contribution >= 4 is 23.5 Å². The Kier molecular flexibility index (Phi) is 4.07. The van der Waals surface area contributed by atoms with Crippen LogP contribution in [0.1, 0.15) is 37.3 Å². The Labute approximate surface area is 180 Å². The van der Waals surface area contributed by atoms with E-state index in [9.17, 15) is 0 Å². The third-order valence-electron chi connectivity index (χ3n) is 6.95. The SMILES string of the molecule is COc1ccccc1SNc1noc2c1CC1(CC1)c1ccc(N3CCC3C)cc1-2. The first-order valence-corrected chi connectivity index (χ1v) is 11.5. The molecule has 3 aliphatic rings. The molecule has 6 heteroatoms. The summed E-state index contributed by atoms with van der Waals surface area (Å²) >= 11 is 1.52. The molecule has 1 aromatic heterocycles. The van der Waals surface area contributed by atoms with Crippen LogP contribution in [0.4, 0.5) is 11.5 Å². The van der Waals surface area contributed by atoms with Crippen molar-refractivity contribution < 1.29 is 9.26 Å². The molecule has 1 aliphatic heterocycles. The average Bonchev–Trinajstić information content (AvgIpc) is 3.42. The van der Waals surface area contributed by atoms with Crippen molar-refractivity contribution in [3.05, 3.63) is 53.6 Å². The molecule has 1 atom stereocenters. The zero-order valence-electron chi connectivity index (χ0n) is 17.3. The molecule has 30 heavy (non-hydrogen) atoms. The van der Waals surface area contributed by atoms with Gasteiger partial charge < -0.3 is 18.9 Å². The van der Waals surface area contributed by atoms with Gasteiger partial charge in [-0.25, -0.2) is 0 Å². The lowest BCUT2D eigenvalue weighted by atomic mass is 9.79. The van der Waals surface area contributed by atoms with Gasteiger partial charge in [0.1, 0.15) is 5.75 Å². The van der Waals surface area contributed by atoms with E-state index in [0.29, 0.717) is 6.04 Å². The molecule has 2 heterocycles. The van der Waals surface area contributed by atoms with Gasteiger partial charge in [-0.05, 0) is 74.4 Å².